The van der Waals surface area contributed by atoms with Crippen molar-refractivity contribution in [1.29, 1.82) is 0 Å². The number of rotatable bonds is 8. The van der Waals surface area contributed by atoms with Crippen molar-refractivity contribution in [2.45, 2.75) is 32.5 Å². The molecule has 180 valence electrons. The number of carbonyl (C=O) groups excluding carboxylic acids is 2. The van der Waals surface area contributed by atoms with Crippen LogP contribution in [0.2, 0.25) is 0 Å². The Balaban J connectivity index is 1.56. The molecule has 8 nitrogen and oxygen atoms in total. The van der Waals surface area contributed by atoms with Crippen LogP contribution in [0.1, 0.15) is 35.9 Å². The molecular formula is C23H24F3N5O3. The number of nitrogens with zero attached hydrogens (tertiary/aromatic N) is 4. The molecule has 4 rings (SSSR count). The number of nitrogens with one attached hydrogen (secondary N) is 1. The minimum atomic E-state index is -4.66. The maximum Gasteiger partial charge on any atom is 0.433 e. The first-order valence-electron chi connectivity index (χ1n) is 10.9. The molecule has 1 aromatic carbocycles. The molecule has 2 amide bonds. The van der Waals surface area contributed by atoms with Crippen molar-refractivity contribution < 1.29 is 27.5 Å². The highest BCUT2D eigenvalue weighted by Gasteiger charge is 2.33. The summed E-state index contributed by atoms with van der Waals surface area (Å²) >= 11 is 0. The predicted octanol–water partition coefficient (Wildman–Crippen LogP) is 3.97. The number of likely N-dealkylation sites (N-methyl/N-ethyl adjacent to an activating group) is 1. The van der Waals surface area contributed by atoms with Gasteiger partial charge < -0.3 is 15.0 Å². The molecule has 11 heteroatoms. The fourth-order valence-corrected chi connectivity index (χ4v) is 3.51. The van der Waals surface area contributed by atoms with E-state index >= 15 is 0 Å². The minimum absolute atomic E-state index is 0.0612. The number of pyridine rings is 1. The lowest BCUT2D eigenvalue weighted by molar-refractivity contribution is -0.141. The highest BCUT2D eigenvalue weighted by Crippen LogP contribution is 2.32. The fraction of sp³-hybridized carbons (Fsp3) is 0.391. The van der Waals surface area contributed by atoms with Crippen LogP contribution in [0.4, 0.5) is 18.9 Å². The van der Waals surface area contributed by atoms with E-state index < -0.39 is 17.8 Å². The van der Waals surface area contributed by atoms with Crippen molar-refractivity contribution in [2.75, 3.05) is 25.5 Å². The van der Waals surface area contributed by atoms with Gasteiger partial charge in [-0.15, -0.1) is 0 Å². The summed E-state index contributed by atoms with van der Waals surface area (Å²) < 4.78 is 46.0. The third-order valence-electron chi connectivity index (χ3n) is 5.43. The zero-order valence-corrected chi connectivity index (χ0v) is 18.7. The van der Waals surface area contributed by atoms with E-state index in [0.29, 0.717) is 29.2 Å². The molecule has 1 saturated carbocycles. The van der Waals surface area contributed by atoms with Crippen LogP contribution in [0, 0.1) is 5.92 Å². The molecule has 34 heavy (non-hydrogen) atoms. The average Bonchev–Trinajstić information content (AvgIpc) is 3.51. The Bertz CT molecular complexity index is 1220. The summed E-state index contributed by atoms with van der Waals surface area (Å²) in [5, 5.41) is 7.63. The van der Waals surface area contributed by atoms with Gasteiger partial charge >= 0.3 is 6.18 Å². The smallest absolute Gasteiger partial charge is 0.433 e. The number of hydrogen-bond acceptors (Lipinski definition) is 5. The third kappa shape index (κ3) is 5.46. The van der Waals surface area contributed by atoms with Crippen LogP contribution in [-0.4, -0.2) is 51.7 Å². The summed E-state index contributed by atoms with van der Waals surface area (Å²) in [6, 6.07) is 6.34. The normalized spacial score (nSPS) is 13.7. The molecule has 0 bridgehead atoms. The first kappa shape index (κ1) is 23.5. The Kier molecular flexibility index (Phi) is 6.45. The molecule has 1 aliphatic rings. The molecule has 0 aliphatic heterocycles. The van der Waals surface area contributed by atoms with Crippen molar-refractivity contribution in [3.8, 4) is 5.75 Å². The Morgan fingerprint density at radius 1 is 1.26 bits per heavy atom. The number of ether oxygens (including phenoxy) is 1. The first-order valence-corrected chi connectivity index (χ1v) is 10.9. The lowest BCUT2D eigenvalue weighted by atomic mass is 10.2. The van der Waals surface area contributed by atoms with E-state index in [4.69, 9.17) is 4.74 Å². The van der Waals surface area contributed by atoms with Crippen LogP contribution in [0.25, 0.3) is 10.9 Å². The largest absolute Gasteiger partial charge is 0.492 e. The molecule has 2 aromatic heterocycles. The highest BCUT2D eigenvalue weighted by atomic mass is 19.4. The molecular weight excluding hydrogens is 451 g/mol. The van der Waals surface area contributed by atoms with Crippen molar-refractivity contribution in [2.24, 2.45) is 5.92 Å². The zero-order chi connectivity index (χ0) is 24.5. The molecule has 3 aromatic rings. The quantitative estimate of drug-likeness (QED) is 0.533. The molecule has 0 radical (unpaired) electrons. The van der Waals surface area contributed by atoms with Crippen LogP contribution in [-0.2, 0) is 17.5 Å². The van der Waals surface area contributed by atoms with Crippen molar-refractivity contribution in [3.63, 3.8) is 0 Å². The Morgan fingerprint density at radius 3 is 2.71 bits per heavy atom. The van der Waals surface area contributed by atoms with Gasteiger partial charge in [0.15, 0.2) is 0 Å². The van der Waals surface area contributed by atoms with E-state index in [1.807, 2.05) is 0 Å². The van der Waals surface area contributed by atoms with Crippen LogP contribution in [0.15, 0.2) is 36.5 Å². The van der Waals surface area contributed by atoms with Gasteiger partial charge in [0.25, 0.3) is 5.91 Å². The summed E-state index contributed by atoms with van der Waals surface area (Å²) in [4.78, 5) is 30.2. The van der Waals surface area contributed by atoms with E-state index in [2.05, 4.69) is 15.4 Å². The Hall–Kier alpha value is -3.63. The van der Waals surface area contributed by atoms with Crippen LogP contribution in [0.5, 0.6) is 5.75 Å². The van der Waals surface area contributed by atoms with Crippen LogP contribution in [0.3, 0.4) is 0 Å². The topological polar surface area (TPSA) is 89.4 Å². The summed E-state index contributed by atoms with van der Waals surface area (Å²) in [5.41, 5.74) is -0.720. The van der Waals surface area contributed by atoms with Crippen molar-refractivity contribution in [3.05, 3.63) is 47.9 Å². The van der Waals surface area contributed by atoms with Gasteiger partial charge in [0, 0.05) is 31.2 Å². The van der Waals surface area contributed by atoms with E-state index in [9.17, 15) is 22.8 Å². The van der Waals surface area contributed by atoms with Crippen LogP contribution >= 0.6 is 0 Å². The summed E-state index contributed by atoms with van der Waals surface area (Å²) in [6.07, 6.45) is -0.696. The zero-order valence-electron chi connectivity index (χ0n) is 18.7. The number of carbonyl (C=O) groups is 2. The number of benzene rings is 1. The summed E-state index contributed by atoms with van der Waals surface area (Å²) in [5.74, 6) is 0.0131. The fourth-order valence-electron chi connectivity index (χ4n) is 3.51. The van der Waals surface area contributed by atoms with E-state index in [0.717, 1.165) is 31.5 Å². The monoisotopic (exact) mass is 475 g/mol. The third-order valence-corrected chi connectivity index (χ3v) is 5.43. The number of alkyl halides is 3. The van der Waals surface area contributed by atoms with Crippen molar-refractivity contribution in [1.82, 2.24) is 19.7 Å². The Labute approximate surface area is 193 Å². The number of anilines is 1. The molecule has 1 N–H and O–H groups in total. The highest BCUT2D eigenvalue weighted by molar-refractivity contribution is 6.05. The molecule has 0 spiro atoms. The second-order valence-electron chi connectivity index (χ2n) is 8.24. The summed E-state index contributed by atoms with van der Waals surface area (Å²) in [6.45, 7) is 2.85. The van der Waals surface area contributed by atoms with Gasteiger partial charge in [0.2, 0.25) is 5.91 Å². The minimum Gasteiger partial charge on any atom is -0.492 e. The number of aromatic nitrogens is 3. The van der Waals surface area contributed by atoms with Crippen molar-refractivity contribution >= 4 is 28.4 Å². The van der Waals surface area contributed by atoms with Gasteiger partial charge in [0.1, 0.15) is 23.7 Å². The molecule has 1 aliphatic carbocycles. The lowest BCUT2D eigenvalue weighted by Gasteiger charge is -2.16. The van der Waals surface area contributed by atoms with Crippen LogP contribution < -0.4 is 10.1 Å². The predicted molar refractivity (Wildman–Crippen MR) is 118 cm³/mol. The second kappa shape index (κ2) is 9.32. The number of hydrogen-bond donors (Lipinski definition) is 1. The Morgan fingerprint density at radius 2 is 2.03 bits per heavy atom. The molecule has 0 unspecified atom stereocenters. The lowest BCUT2D eigenvalue weighted by Crippen LogP contribution is -2.32. The second-order valence-corrected chi connectivity index (χ2v) is 8.24. The van der Waals surface area contributed by atoms with Gasteiger partial charge in [-0.1, -0.05) is 6.07 Å². The molecule has 1 fully saturated rings. The van der Waals surface area contributed by atoms with E-state index in [-0.39, 0.29) is 23.8 Å². The van der Waals surface area contributed by atoms with Gasteiger partial charge in [-0.3, -0.25) is 14.3 Å². The van der Waals surface area contributed by atoms with Gasteiger partial charge in [-0.05, 0) is 43.9 Å². The molecule has 2 heterocycles. The van der Waals surface area contributed by atoms with Gasteiger partial charge in [-0.25, -0.2) is 4.98 Å². The molecule has 0 atom stereocenters. The summed E-state index contributed by atoms with van der Waals surface area (Å²) in [7, 11) is 1.77. The number of fused-ring (bicyclic) bond motifs is 1. The van der Waals surface area contributed by atoms with E-state index in [1.165, 1.54) is 10.7 Å². The number of amides is 2. The average molecular weight is 475 g/mol. The van der Waals surface area contributed by atoms with Gasteiger partial charge in [-0.2, -0.15) is 18.3 Å². The first-order chi connectivity index (χ1) is 16.1. The van der Waals surface area contributed by atoms with Gasteiger partial charge in [0.05, 0.1) is 17.8 Å². The van der Waals surface area contributed by atoms with E-state index in [1.54, 1.807) is 37.2 Å². The maximum atomic E-state index is 13.0. The maximum absolute atomic E-state index is 13.0. The number of halogens is 3. The standard InChI is InChI=1S/C23H24F3N5O3/c1-3-34-19-10-17-15(12-31(29-17)13-21(32)30(2)11-14-7-8-14)9-18(19)28-22(33)16-5-4-6-20(27-16)23(24,25)26/h4-6,9-10,12,14H,3,7-8,11,13H2,1-2H3,(H,28,33). The SMILES string of the molecule is CCOc1cc2nn(CC(=O)N(C)CC3CC3)cc2cc1NC(=O)c1cccc(C(F)(F)F)n1. The molecule has 0 saturated heterocycles.